The highest BCUT2D eigenvalue weighted by Crippen LogP contribution is 2.17. The smallest absolute Gasteiger partial charge is 0.307 e. The Balaban J connectivity index is 0.00000400. The summed E-state index contributed by atoms with van der Waals surface area (Å²) in [6.45, 7) is 1.22. The fourth-order valence-corrected chi connectivity index (χ4v) is 2.13. The Bertz CT molecular complexity index is 483. The molecule has 1 rings (SSSR count). The number of rotatable bonds is 5. The Morgan fingerprint density at radius 2 is 2.10 bits per heavy atom. The Morgan fingerprint density at radius 3 is 2.67 bits per heavy atom. The standard InChI is InChI=1S/C14H20BrN3O2.HI/c1-16-14(17-9-8-13(19)20-3)18(2)10-11-6-4-5-7-12(11)15;/h4-7H,8-10H2,1-3H3,(H,16,17);1H. The summed E-state index contributed by atoms with van der Waals surface area (Å²) >= 11 is 3.53. The first-order valence-corrected chi connectivity index (χ1v) is 7.09. The first-order chi connectivity index (χ1) is 9.58. The van der Waals surface area contributed by atoms with Gasteiger partial charge in [-0.3, -0.25) is 9.79 Å². The molecular weight excluding hydrogens is 449 g/mol. The average Bonchev–Trinajstić information content (AvgIpc) is 2.45. The van der Waals surface area contributed by atoms with Crippen molar-refractivity contribution in [3.63, 3.8) is 0 Å². The molecule has 0 radical (unpaired) electrons. The van der Waals surface area contributed by atoms with E-state index < -0.39 is 0 Å². The van der Waals surface area contributed by atoms with Gasteiger partial charge >= 0.3 is 5.97 Å². The van der Waals surface area contributed by atoms with Crippen LogP contribution in [0.5, 0.6) is 0 Å². The van der Waals surface area contributed by atoms with E-state index in [1.165, 1.54) is 12.7 Å². The van der Waals surface area contributed by atoms with Crippen molar-refractivity contribution >= 4 is 51.8 Å². The predicted octanol–water partition coefficient (Wildman–Crippen LogP) is 2.64. The summed E-state index contributed by atoms with van der Waals surface area (Å²) in [5, 5.41) is 3.13. The van der Waals surface area contributed by atoms with E-state index >= 15 is 0 Å². The maximum absolute atomic E-state index is 11.1. The van der Waals surface area contributed by atoms with Crippen molar-refractivity contribution < 1.29 is 9.53 Å². The third kappa shape index (κ3) is 7.12. The first-order valence-electron chi connectivity index (χ1n) is 6.30. The van der Waals surface area contributed by atoms with Gasteiger partial charge in [-0.25, -0.2) is 0 Å². The van der Waals surface area contributed by atoms with Crippen LogP contribution in [-0.4, -0.2) is 44.6 Å². The van der Waals surface area contributed by atoms with Crippen LogP contribution in [0, 0.1) is 0 Å². The SMILES string of the molecule is CN=C(NCCC(=O)OC)N(C)Cc1ccccc1Br.I. The molecule has 0 fully saturated rings. The molecule has 0 aromatic heterocycles. The van der Waals surface area contributed by atoms with Gasteiger partial charge in [-0.1, -0.05) is 34.1 Å². The van der Waals surface area contributed by atoms with Crippen molar-refractivity contribution in [2.45, 2.75) is 13.0 Å². The summed E-state index contributed by atoms with van der Waals surface area (Å²) in [5.74, 6) is 0.506. The summed E-state index contributed by atoms with van der Waals surface area (Å²) in [5.41, 5.74) is 1.17. The fraction of sp³-hybridized carbons (Fsp3) is 0.429. The number of guanidine groups is 1. The van der Waals surface area contributed by atoms with Gasteiger partial charge in [-0.2, -0.15) is 0 Å². The molecule has 0 unspecified atom stereocenters. The molecule has 0 spiro atoms. The Labute approximate surface area is 151 Å². The number of aliphatic imine (C=N–C) groups is 1. The van der Waals surface area contributed by atoms with Gasteiger partial charge in [-0.05, 0) is 11.6 Å². The van der Waals surface area contributed by atoms with E-state index in [-0.39, 0.29) is 29.9 Å². The lowest BCUT2D eigenvalue weighted by Gasteiger charge is -2.22. The third-order valence-corrected chi connectivity index (χ3v) is 3.55. The van der Waals surface area contributed by atoms with Crippen LogP contribution >= 0.6 is 39.9 Å². The molecule has 21 heavy (non-hydrogen) atoms. The van der Waals surface area contributed by atoms with Crippen molar-refractivity contribution in [3.05, 3.63) is 34.3 Å². The highest BCUT2D eigenvalue weighted by atomic mass is 127. The number of methoxy groups -OCH3 is 1. The summed E-state index contributed by atoms with van der Waals surface area (Å²) in [6.07, 6.45) is 0.318. The van der Waals surface area contributed by atoms with E-state index in [1.807, 2.05) is 30.1 Å². The Kier molecular flexibility index (Phi) is 10.4. The second-order valence-electron chi connectivity index (χ2n) is 4.25. The fourth-order valence-electron chi connectivity index (χ4n) is 1.72. The highest BCUT2D eigenvalue weighted by molar-refractivity contribution is 14.0. The van der Waals surface area contributed by atoms with Crippen LogP contribution in [0.15, 0.2) is 33.7 Å². The number of hydrogen-bond donors (Lipinski definition) is 1. The second kappa shape index (κ2) is 10.8. The largest absolute Gasteiger partial charge is 0.469 e. The molecule has 0 saturated carbocycles. The van der Waals surface area contributed by atoms with Crippen LogP contribution in [0.25, 0.3) is 0 Å². The molecule has 0 aliphatic carbocycles. The van der Waals surface area contributed by atoms with Gasteiger partial charge in [0.2, 0.25) is 0 Å². The van der Waals surface area contributed by atoms with Gasteiger partial charge in [-0.15, -0.1) is 24.0 Å². The van der Waals surface area contributed by atoms with Crippen LogP contribution in [0.2, 0.25) is 0 Å². The summed E-state index contributed by atoms with van der Waals surface area (Å²) in [7, 11) is 5.06. The zero-order valence-electron chi connectivity index (χ0n) is 12.4. The number of esters is 1. The minimum Gasteiger partial charge on any atom is -0.469 e. The van der Waals surface area contributed by atoms with Crippen molar-refractivity contribution in [1.29, 1.82) is 0 Å². The van der Waals surface area contributed by atoms with Crippen LogP contribution in [0.1, 0.15) is 12.0 Å². The van der Waals surface area contributed by atoms with Gasteiger partial charge in [0.25, 0.3) is 0 Å². The molecule has 118 valence electrons. The molecule has 1 N–H and O–H groups in total. The van der Waals surface area contributed by atoms with E-state index in [1.54, 1.807) is 7.05 Å². The van der Waals surface area contributed by atoms with E-state index in [9.17, 15) is 4.79 Å². The Hall–Kier alpha value is -0.830. The van der Waals surface area contributed by atoms with Crippen LogP contribution in [-0.2, 0) is 16.1 Å². The zero-order chi connectivity index (χ0) is 15.0. The molecule has 0 aliphatic rings. The van der Waals surface area contributed by atoms with Gasteiger partial charge in [0.05, 0.1) is 13.5 Å². The monoisotopic (exact) mass is 469 g/mol. The maximum atomic E-state index is 11.1. The van der Waals surface area contributed by atoms with Crippen LogP contribution in [0.4, 0.5) is 0 Å². The number of nitrogens with one attached hydrogen (secondary N) is 1. The molecule has 0 atom stereocenters. The van der Waals surface area contributed by atoms with E-state index in [0.717, 1.165) is 17.0 Å². The summed E-state index contributed by atoms with van der Waals surface area (Å²) in [6, 6.07) is 8.05. The molecular formula is C14H21BrIN3O2. The minimum absolute atomic E-state index is 0. The first kappa shape index (κ1) is 20.2. The molecule has 0 bridgehead atoms. The number of carbonyl (C=O) groups is 1. The van der Waals surface area contributed by atoms with E-state index in [4.69, 9.17) is 0 Å². The van der Waals surface area contributed by atoms with Gasteiger partial charge in [0, 0.05) is 31.7 Å². The summed E-state index contributed by atoms with van der Waals surface area (Å²) < 4.78 is 5.67. The molecule has 0 aliphatic heterocycles. The molecule has 0 saturated heterocycles. The maximum Gasteiger partial charge on any atom is 0.307 e. The predicted molar refractivity (Wildman–Crippen MR) is 99.0 cm³/mol. The molecule has 5 nitrogen and oxygen atoms in total. The Morgan fingerprint density at radius 1 is 1.43 bits per heavy atom. The quantitative estimate of drug-likeness (QED) is 0.312. The third-order valence-electron chi connectivity index (χ3n) is 2.78. The van der Waals surface area contributed by atoms with Gasteiger partial charge in [0.1, 0.15) is 0 Å². The number of hydrogen-bond acceptors (Lipinski definition) is 3. The summed E-state index contributed by atoms with van der Waals surface area (Å²) in [4.78, 5) is 17.3. The van der Waals surface area contributed by atoms with Gasteiger partial charge < -0.3 is 15.0 Å². The number of benzene rings is 1. The highest BCUT2D eigenvalue weighted by Gasteiger charge is 2.09. The molecule has 1 aromatic carbocycles. The molecule has 0 amide bonds. The minimum atomic E-state index is -0.235. The molecule has 0 heterocycles. The normalized spacial score (nSPS) is 10.6. The number of nitrogens with zero attached hydrogens (tertiary/aromatic N) is 2. The van der Waals surface area contributed by atoms with Crippen molar-refractivity contribution in [2.75, 3.05) is 27.7 Å². The average molecular weight is 470 g/mol. The van der Waals surface area contributed by atoms with Crippen LogP contribution < -0.4 is 5.32 Å². The second-order valence-corrected chi connectivity index (χ2v) is 5.10. The van der Waals surface area contributed by atoms with E-state index in [0.29, 0.717) is 13.0 Å². The number of halogens is 2. The van der Waals surface area contributed by atoms with Crippen LogP contribution in [0.3, 0.4) is 0 Å². The lowest BCUT2D eigenvalue weighted by atomic mass is 10.2. The van der Waals surface area contributed by atoms with Crippen molar-refractivity contribution in [2.24, 2.45) is 4.99 Å². The molecule has 7 heteroatoms. The van der Waals surface area contributed by atoms with E-state index in [2.05, 4.69) is 37.0 Å². The van der Waals surface area contributed by atoms with Crippen molar-refractivity contribution in [1.82, 2.24) is 10.2 Å². The van der Waals surface area contributed by atoms with Crippen molar-refractivity contribution in [3.8, 4) is 0 Å². The molecule has 1 aromatic rings. The zero-order valence-corrected chi connectivity index (χ0v) is 16.3. The lowest BCUT2D eigenvalue weighted by Crippen LogP contribution is -2.39. The number of carbonyl (C=O) groups excluding carboxylic acids is 1. The number of ether oxygens (including phenoxy) is 1. The topological polar surface area (TPSA) is 53.9 Å². The van der Waals surface area contributed by atoms with Gasteiger partial charge in [0.15, 0.2) is 5.96 Å². The lowest BCUT2D eigenvalue weighted by molar-refractivity contribution is -0.140.